The highest BCUT2D eigenvalue weighted by Gasteiger charge is 2.38. The average Bonchev–Trinajstić information content (AvgIpc) is 2.32. The van der Waals surface area contributed by atoms with Crippen LogP contribution in [0, 0.1) is 0 Å². The molecule has 0 bridgehead atoms. The molecule has 0 spiro atoms. The minimum absolute atomic E-state index is 0.463. The van der Waals surface area contributed by atoms with Crippen molar-refractivity contribution in [1.29, 1.82) is 0 Å². The third kappa shape index (κ3) is 8.19. The summed E-state index contributed by atoms with van der Waals surface area (Å²) in [6.07, 6.45) is -1.48. The first-order chi connectivity index (χ1) is 6.84. The molecule has 90 valence electrons. The van der Waals surface area contributed by atoms with E-state index >= 15 is 0 Å². The molecule has 15 heavy (non-hydrogen) atoms. The molecule has 1 saturated heterocycles. The lowest BCUT2D eigenvalue weighted by molar-refractivity contribution is -0.192. The number of nitrogens with one attached hydrogen (secondary N) is 1. The Hall–Kier alpha value is -0.820. The monoisotopic (exact) mass is 228 g/mol. The van der Waals surface area contributed by atoms with Crippen molar-refractivity contribution < 1.29 is 23.1 Å². The van der Waals surface area contributed by atoms with Gasteiger partial charge in [-0.1, -0.05) is 0 Å². The Morgan fingerprint density at radius 3 is 2.33 bits per heavy atom. The highest BCUT2D eigenvalue weighted by molar-refractivity contribution is 5.73. The van der Waals surface area contributed by atoms with Crippen LogP contribution in [0.3, 0.4) is 0 Å². The van der Waals surface area contributed by atoms with Crippen LogP contribution in [0.4, 0.5) is 13.2 Å². The molecule has 1 aliphatic heterocycles. The van der Waals surface area contributed by atoms with Gasteiger partial charge in [0, 0.05) is 6.04 Å². The SMILES string of the molecule is NC1CCCNCC1.O=C(O)C(F)(F)F. The van der Waals surface area contributed by atoms with Crippen LogP contribution < -0.4 is 11.1 Å². The molecule has 1 fully saturated rings. The number of carboxylic acids is 1. The predicted octanol–water partition coefficient (Wildman–Crippen LogP) is 0.721. The number of alkyl halides is 3. The summed E-state index contributed by atoms with van der Waals surface area (Å²) in [6, 6.07) is 0.463. The topological polar surface area (TPSA) is 75.3 Å². The second-order valence-electron chi connectivity index (χ2n) is 3.24. The van der Waals surface area contributed by atoms with Gasteiger partial charge in [-0.25, -0.2) is 4.79 Å². The lowest BCUT2D eigenvalue weighted by Gasteiger charge is -2.02. The van der Waals surface area contributed by atoms with Crippen LogP contribution in [0.1, 0.15) is 19.3 Å². The van der Waals surface area contributed by atoms with E-state index in [9.17, 15) is 13.2 Å². The Balaban J connectivity index is 0.000000265. The van der Waals surface area contributed by atoms with Gasteiger partial charge in [-0.15, -0.1) is 0 Å². The van der Waals surface area contributed by atoms with E-state index in [1.165, 1.54) is 12.8 Å². The molecule has 4 N–H and O–H groups in total. The van der Waals surface area contributed by atoms with Crippen molar-refractivity contribution >= 4 is 5.97 Å². The summed E-state index contributed by atoms with van der Waals surface area (Å²) in [5, 5.41) is 10.4. The summed E-state index contributed by atoms with van der Waals surface area (Å²) in [6.45, 7) is 2.27. The number of carboxylic acid groups (broad SMARTS) is 1. The van der Waals surface area contributed by atoms with Gasteiger partial charge in [-0.05, 0) is 32.4 Å². The average molecular weight is 228 g/mol. The molecule has 0 aromatic carbocycles. The second kappa shape index (κ2) is 6.62. The molecule has 4 nitrogen and oxygen atoms in total. The van der Waals surface area contributed by atoms with Gasteiger partial charge in [0.2, 0.25) is 0 Å². The van der Waals surface area contributed by atoms with Crippen molar-refractivity contribution in [2.75, 3.05) is 13.1 Å². The third-order valence-electron chi connectivity index (χ3n) is 1.86. The van der Waals surface area contributed by atoms with E-state index in [1.54, 1.807) is 0 Å². The maximum absolute atomic E-state index is 10.6. The number of carbonyl (C=O) groups is 1. The number of rotatable bonds is 0. The fraction of sp³-hybridized carbons (Fsp3) is 0.875. The van der Waals surface area contributed by atoms with Gasteiger partial charge in [0.1, 0.15) is 0 Å². The third-order valence-corrected chi connectivity index (χ3v) is 1.86. The minimum Gasteiger partial charge on any atom is -0.475 e. The first-order valence-electron chi connectivity index (χ1n) is 4.60. The zero-order valence-electron chi connectivity index (χ0n) is 8.18. The number of halogens is 3. The van der Waals surface area contributed by atoms with Gasteiger partial charge in [0.25, 0.3) is 0 Å². The molecular weight excluding hydrogens is 213 g/mol. The van der Waals surface area contributed by atoms with Gasteiger partial charge in [0.15, 0.2) is 0 Å². The molecule has 1 rings (SSSR count). The van der Waals surface area contributed by atoms with Crippen molar-refractivity contribution in [3.63, 3.8) is 0 Å². The summed E-state index contributed by atoms with van der Waals surface area (Å²) < 4.78 is 31.7. The molecular formula is C8H15F3N2O2. The normalized spacial score (nSPS) is 22.3. The Morgan fingerprint density at radius 1 is 1.33 bits per heavy atom. The number of aliphatic carboxylic acids is 1. The Labute approximate surface area is 85.6 Å². The molecule has 0 radical (unpaired) electrons. The van der Waals surface area contributed by atoms with E-state index in [0.717, 1.165) is 19.5 Å². The van der Waals surface area contributed by atoms with Crippen LogP contribution in [0.5, 0.6) is 0 Å². The van der Waals surface area contributed by atoms with Crippen LogP contribution in [0.2, 0.25) is 0 Å². The quantitative estimate of drug-likeness (QED) is 0.571. The van der Waals surface area contributed by atoms with Crippen molar-refractivity contribution in [1.82, 2.24) is 5.32 Å². The maximum atomic E-state index is 10.6. The maximum Gasteiger partial charge on any atom is 0.490 e. The fourth-order valence-corrected chi connectivity index (χ4v) is 1.05. The van der Waals surface area contributed by atoms with E-state index in [-0.39, 0.29) is 0 Å². The lowest BCUT2D eigenvalue weighted by Crippen LogP contribution is -2.21. The summed E-state index contributed by atoms with van der Waals surface area (Å²) in [5.41, 5.74) is 5.69. The standard InChI is InChI=1S/C6H14N2.C2HF3O2/c7-6-2-1-4-8-5-3-6;3-2(4,5)1(6)7/h6,8H,1-5,7H2;(H,6,7). The van der Waals surface area contributed by atoms with Gasteiger partial charge < -0.3 is 16.2 Å². The van der Waals surface area contributed by atoms with E-state index < -0.39 is 12.1 Å². The van der Waals surface area contributed by atoms with E-state index in [4.69, 9.17) is 15.6 Å². The molecule has 0 aromatic rings. The fourth-order valence-electron chi connectivity index (χ4n) is 1.05. The van der Waals surface area contributed by atoms with Gasteiger partial charge in [-0.3, -0.25) is 0 Å². The van der Waals surface area contributed by atoms with Gasteiger partial charge in [0.05, 0.1) is 0 Å². The predicted molar refractivity (Wildman–Crippen MR) is 48.4 cm³/mol. The first kappa shape index (κ1) is 14.2. The van der Waals surface area contributed by atoms with Crippen LogP contribution in [0.15, 0.2) is 0 Å². The summed E-state index contributed by atoms with van der Waals surface area (Å²) in [4.78, 5) is 8.90. The molecule has 7 heteroatoms. The first-order valence-corrected chi connectivity index (χ1v) is 4.60. The molecule has 0 aromatic heterocycles. The van der Waals surface area contributed by atoms with Crippen LogP contribution in [-0.2, 0) is 4.79 Å². The highest BCUT2D eigenvalue weighted by atomic mass is 19.4. The Bertz CT molecular complexity index is 189. The van der Waals surface area contributed by atoms with E-state index in [1.807, 2.05) is 0 Å². The summed E-state index contributed by atoms with van der Waals surface area (Å²) >= 11 is 0. The Morgan fingerprint density at radius 2 is 1.87 bits per heavy atom. The smallest absolute Gasteiger partial charge is 0.475 e. The van der Waals surface area contributed by atoms with Gasteiger partial charge in [-0.2, -0.15) is 13.2 Å². The number of hydrogen-bond acceptors (Lipinski definition) is 3. The van der Waals surface area contributed by atoms with Crippen molar-refractivity contribution in [3.05, 3.63) is 0 Å². The highest BCUT2D eigenvalue weighted by Crippen LogP contribution is 2.13. The lowest BCUT2D eigenvalue weighted by atomic mass is 10.1. The molecule has 1 unspecified atom stereocenters. The molecule has 1 heterocycles. The molecule has 1 aliphatic rings. The molecule has 0 amide bonds. The Kier molecular flexibility index (Phi) is 6.26. The summed E-state index contributed by atoms with van der Waals surface area (Å²) in [5.74, 6) is -2.76. The van der Waals surface area contributed by atoms with Gasteiger partial charge >= 0.3 is 12.1 Å². The van der Waals surface area contributed by atoms with Crippen LogP contribution in [0.25, 0.3) is 0 Å². The van der Waals surface area contributed by atoms with Crippen LogP contribution >= 0.6 is 0 Å². The van der Waals surface area contributed by atoms with Crippen molar-refractivity contribution in [2.24, 2.45) is 5.73 Å². The van der Waals surface area contributed by atoms with E-state index in [2.05, 4.69) is 5.32 Å². The molecule has 0 aliphatic carbocycles. The van der Waals surface area contributed by atoms with E-state index in [0.29, 0.717) is 6.04 Å². The second-order valence-corrected chi connectivity index (χ2v) is 3.24. The number of nitrogens with two attached hydrogens (primary N) is 1. The van der Waals surface area contributed by atoms with Crippen molar-refractivity contribution in [3.8, 4) is 0 Å². The minimum atomic E-state index is -5.08. The zero-order chi connectivity index (χ0) is 11.9. The van der Waals surface area contributed by atoms with Crippen molar-refractivity contribution in [2.45, 2.75) is 31.5 Å². The molecule has 0 saturated carbocycles. The van der Waals surface area contributed by atoms with Crippen LogP contribution in [-0.4, -0.2) is 36.4 Å². The summed E-state index contributed by atoms with van der Waals surface area (Å²) in [7, 11) is 0. The number of hydrogen-bond donors (Lipinski definition) is 3. The zero-order valence-corrected chi connectivity index (χ0v) is 8.18. The largest absolute Gasteiger partial charge is 0.490 e. The molecule has 1 atom stereocenters.